The highest BCUT2D eigenvalue weighted by Crippen LogP contribution is 2.52. The van der Waals surface area contributed by atoms with Gasteiger partial charge >= 0.3 is 5.97 Å². The van der Waals surface area contributed by atoms with Gasteiger partial charge in [0.05, 0.1) is 19.3 Å². The van der Waals surface area contributed by atoms with E-state index in [9.17, 15) is 14.7 Å². The minimum atomic E-state index is -0.477. The average molecular weight is 390 g/mol. The molecule has 0 bridgehead atoms. The molecule has 0 spiro atoms. The van der Waals surface area contributed by atoms with Gasteiger partial charge in [0.25, 0.3) is 0 Å². The van der Waals surface area contributed by atoms with Crippen LogP contribution in [0, 0.1) is 17.3 Å². The Morgan fingerprint density at radius 1 is 1.32 bits per heavy atom. The van der Waals surface area contributed by atoms with Crippen molar-refractivity contribution in [3.05, 3.63) is 12.2 Å². The molecule has 1 N–H and O–H groups in total. The Hall–Kier alpha value is -1.80. The van der Waals surface area contributed by atoms with Crippen LogP contribution in [0.25, 0.3) is 0 Å². The van der Waals surface area contributed by atoms with Crippen molar-refractivity contribution in [2.24, 2.45) is 5.41 Å². The maximum absolute atomic E-state index is 12.2. The molecule has 0 aromatic heterocycles. The predicted octanol–water partition coefficient (Wildman–Crippen LogP) is 3.60. The monoisotopic (exact) mass is 389 g/mol. The zero-order chi connectivity index (χ0) is 20.4. The van der Waals surface area contributed by atoms with Gasteiger partial charge in [0.1, 0.15) is 0 Å². The van der Waals surface area contributed by atoms with E-state index in [1.54, 1.807) is 0 Å². The van der Waals surface area contributed by atoms with Crippen LogP contribution < -0.4 is 0 Å². The summed E-state index contributed by atoms with van der Waals surface area (Å²) in [6, 6.07) is 0.0924. The van der Waals surface area contributed by atoms with Crippen molar-refractivity contribution in [2.75, 3.05) is 13.7 Å². The van der Waals surface area contributed by atoms with E-state index in [0.717, 1.165) is 64.3 Å². The molecule has 1 saturated heterocycles. The van der Waals surface area contributed by atoms with Crippen molar-refractivity contribution < 1.29 is 19.4 Å². The van der Waals surface area contributed by atoms with Gasteiger partial charge in [-0.05, 0) is 32.1 Å². The number of likely N-dealkylation sites (tertiary alicyclic amines) is 1. The number of nitrogens with zero attached hydrogens (tertiary/aromatic N) is 1. The lowest BCUT2D eigenvalue weighted by molar-refractivity contribution is -0.140. The number of carbonyl (C=O) groups excluding carboxylic acids is 2. The number of methoxy groups -OCH3 is 1. The maximum Gasteiger partial charge on any atom is 0.305 e. The lowest BCUT2D eigenvalue weighted by atomic mass is 9.94. The zero-order valence-corrected chi connectivity index (χ0v) is 17.4. The summed E-state index contributed by atoms with van der Waals surface area (Å²) in [7, 11) is 1.41. The van der Waals surface area contributed by atoms with Crippen molar-refractivity contribution in [3.8, 4) is 11.8 Å². The highest BCUT2D eigenvalue weighted by Gasteiger charge is 2.47. The number of hydrogen-bond donors (Lipinski definition) is 1. The topological polar surface area (TPSA) is 66.8 Å². The van der Waals surface area contributed by atoms with E-state index >= 15 is 0 Å². The SMILES string of the molecule is CCC#CCC1([C@H](O)C=C[C@H]2CCC(=O)N2CCCCCCC(=O)OC)CC1. The van der Waals surface area contributed by atoms with E-state index in [4.69, 9.17) is 0 Å². The molecule has 28 heavy (non-hydrogen) atoms. The van der Waals surface area contributed by atoms with E-state index in [1.807, 2.05) is 24.0 Å². The molecule has 2 fully saturated rings. The molecule has 2 atom stereocenters. The minimum Gasteiger partial charge on any atom is -0.469 e. The van der Waals surface area contributed by atoms with Crippen LogP contribution in [0.3, 0.4) is 0 Å². The third-order valence-electron chi connectivity index (χ3n) is 5.91. The summed E-state index contributed by atoms with van der Waals surface area (Å²) in [6.45, 7) is 2.78. The molecule has 2 aliphatic rings. The second-order valence-electron chi connectivity index (χ2n) is 8.01. The Kier molecular flexibility index (Phi) is 9.05. The van der Waals surface area contributed by atoms with Crippen molar-refractivity contribution in [2.45, 2.75) is 89.7 Å². The smallest absolute Gasteiger partial charge is 0.305 e. The van der Waals surface area contributed by atoms with E-state index < -0.39 is 6.10 Å². The van der Waals surface area contributed by atoms with E-state index in [-0.39, 0.29) is 23.3 Å². The summed E-state index contributed by atoms with van der Waals surface area (Å²) >= 11 is 0. The molecular weight excluding hydrogens is 354 g/mol. The van der Waals surface area contributed by atoms with Crippen molar-refractivity contribution >= 4 is 11.9 Å². The number of amides is 1. The number of unbranched alkanes of at least 4 members (excludes halogenated alkanes) is 3. The average Bonchev–Trinajstić information content (AvgIpc) is 3.41. The van der Waals surface area contributed by atoms with Crippen LogP contribution in [0.4, 0.5) is 0 Å². The number of ether oxygens (including phenoxy) is 1. The Balaban J connectivity index is 1.75. The quantitative estimate of drug-likeness (QED) is 0.254. The number of aliphatic hydroxyl groups is 1. The second kappa shape index (κ2) is 11.3. The molecule has 1 amide bonds. The van der Waals surface area contributed by atoms with Crippen LogP contribution in [0.15, 0.2) is 12.2 Å². The fraction of sp³-hybridized carbons (Fsp3) is 0.739. The lowest BCUT2D eigenvalue weighted by Crippen LogP contribution is -2.33. The molecule has 2 rings (SSSR count). The summed E-state index contributed by atoms with van der Waals surface area (Å²) in [5, 5.41) is 10.6. The first-order valence-corrected chi connectivity index (χ1v) is 10.7. The fourth-order valence-corrected chi connectivity index (χ4v) is 3.79. The van der Waals surface area contributed by atoms with Gasteiger partial charge in [0.2, 0.25) is 5.91 Å². The third kappa shape index (κ3) is 6.67. The normalized spacial score (nSPS) is 21.5. The number of hydrogen-bond acceptors (Lipinski definition) is 4. The number of aliphatic hydroxyl groups excluding tert-OH is 1. The summed E-state index contributed by atoms with van der Waals surface area (Å²) in [6.07, 6.45) is 12.7. The lowest BCUT2D eigenvalue weighted by Gasteiger charge is -2.23. The van der Waals surface area contributed by atoms with E-state index in [0.29, 0.717) is 12.8 Å². The van der Waals surface area contributed by atoms with Crippen LogP contribution in [-0.4, -0.2) is 47.7 Å². The maximum atomic E-state index is 12.2. The van der Waals surface area contributed by atoms with Gasteiger partial charge in [0, 0.05) is 37.6 Å². The minimum absolute atomic E-state index is 0.0637. The number of rotatable bonds is 11. The van der Waals surface area contributed by atoms with Crippen molar-refractivity contribution in [1.82, 2.24) is 4.90 Å². The Bertz CT molecular complexity index is 612. The van der Waals surface area contributed by atoms with Crippen molar-refractivity contribution in [1.29, 1.82) is 0 Å². The molecule has 1 aliphatic heterocycles. The molecule has 0 aromatic carbocycles. The van der Waals surface area contributed by atoms with Gasteiger partial charge in [-0.3, -0.25) is 9.59 Å². The van der Waals surface area contributed by atoms with Crippen LogP contribution in [0.1, 0.15) is 77.6 Å². The number of carbonyl (C=O) groups is 2. The molecule has 5 nitrogen and oxygen atoms in total. The molecule has 1 heterocycles. The molecule has 1 saturated carbocycles. The third-order valence-corrected chi connectivity index (χ3v) is 5.91. The van der Waals surface area contributed by atoms with Gasteiger partial charge in [-0.1, -0.05) is 31.9 Å². The van der Waals surface area contributed by atoms with Gasteiger partial charge < -0.3 is 14.7 Å². The van der Waals surface area contributed by atoms with E-state index in [1.165, 1.54) is 7.11 Å². The standard InChI is InChI=1S/C23H35NO4/c1-3-4-8-15-23(16-17-23)20(25)13-11-19-12-14-21(26)24(19)18-9-6-5-7-10-22(27)28-2/h11,13,19-20,25H,3,5-7,9-10,12,14-18H2,1-2H3/t19-,20+/m0/s1. The predicted molar refractivity (Wildman–Crippen MR) is 109 cm³/mol. The van der Waals surface area contributed by atoms with Crippen LogP contribution in [0.5, 0.6) is 0 Å². The second-order valence-corrected chi connectivity index (χ2v) is 8.01. The van der Waals surface area contributed by atoms with Gasteiger partial charge in [0.15, 0.2) is 0 Å². The molecule has 0 unspecified atom stereocenters. The first-order chi connectivity index (χ1) is 13.5. The van der Waals surface area contributed by atoms with Crippen LogP contribution >= 0.6 is 0 Å². The molecular formula is C23H35NO4. The fourth-order valence-electron chi connectivity index (χ4n) is 3.79. The largest absolute Gasteiger partial charge is 0.469 e. The van der Waals surface area contributed by atoms with Gasteiger partial charge in [-0.25, -0.2) is 0 Å². The molecule has 0 radical (unpaired) electrons. The molecule has 1 aliphatic carbocycles. The summed E-state index contributed by atoms with van der Waals surface area (Å²) in [5.74, 6) is 6.32. The van der Waals surface area contributed by atoms with Crippen molar-refractivity contribution in [3.63, 3.8) is 0 Å². The number of esters is 1. The first-order valence-electron chi connectivity index (χ1n) is 10.7. The van der Waals surface area contributed by atoms with E-state index in [2.05, 4.69) is 16.6 Å². The highest BCUT2D eigenvalue weighted by atomic mass is 16.5. The summed E-state index contributed by atoms with van der Waals surface area (Å²) < 4.78 is 4.64. The Labute approximate surface area is 169 Å². The van der Waals surface area contributed by atoms with Gasteiger partial charge in [-0.2, -0.15) is 0 Å². The van der Waals surface area contributed by atoms with Crippen LogP contribution in [0.2, 0.25) is 0 Å². The molecule has 5 heteroatoms. The summed E-state index contributed by atoms with van der Waals surface area (Å²) in [5.41, 5.74) is -0.0637. The zero-order valence-electron chi connectivity index (χ0n) is 17.4. The Morgan fingerprint density at radius 2 is 2.07 bits per heavy atom. The Morgan fingerprint density at radius 3 is 2.75 bits per heavy atom. The summed E-state index contributed by atoms with van der Waals surface area (Å²) in [4.78, 5) is 25.3. The molecule has 156 valence electrons. The van der Waals surface area contributed by atoms with Gasteiger partial charge in [-0.15, -0.1) is 11.8 Å². The molecule has 0 aromatic rings. The first kappa shape index (κ1) is 22.5. The van der Waals surface area contributed by atoms with Crippen LogP contribution in [-0.2, 0) is 14.3 Å². The highest BCUT2D eigenvalue weighted by molar-refractivity contribution is 5.79.